The summed E-state index contributed by atoms with van der Waals surface area (Å²) in [7, 11) is 0. The summed E-state index contributed by atoms with van der Waals surface area (Å²) in [5.41, 5.74) is -0.786. The number of carboxylic acids is 1. The summed E-state index contributed by atoms with van der Waals surface area (Å²) in [5.74, 6) is -0.768. The molecular weight excluding hydrogens is 194 g/mol. The fourth-order valence-electron chi connectivity index (χ4n) is 1.58. The highest BCUT2D eigenvalue weighted by Gasteiger charge is 2.33. The molecule has 1 heterocycles. The van der Waals surface area contributed by atoms with Crippen LogP contribution in [0.2, 0.25) is 0 Å². The average molecular weight is 215 g/mol. The Kier molecular flexibility index (Phi) is 3.73. The zero-order valence-corrected chi connectivity index (χ0v) is 9.80. The molecular formula is C11H21NO3. The number of carbonyl (C=O) groups is 1. The zero-order valence-electron chi connectivity index (χ0n) is 9.80. The monoisotopic (exact) mass is 215 g/mol. The first-order valence-corrected chi connectivity index (χ1v) is 5.42. The van der Waals surface area contributed by atoms with Gasteiger partial charge in [-0.15, -0.1) is 0 Å². The molecule has 88 valence electrons. The Balaban J connectivity index is 2.44. The van der Waals surface area contributed by atoms with E-state index in [1.807, 2.05) is 0 Å². The van der Waals surface area contributed by atoms with E-state index in [2.05, 4.69) is 12.2 Å². The summed E-state index contributed by atoms with van der Waals surface area (Å²) in [5, 5.41) is 12.3. The number of carboxylic acid groups (broad SMARTS) is 1. The van der Waals surface area contributed by atoms with Crippen LogP contribution in [0.3, 0.4) is 0 Å². The highest BCUT2D eigenvalue weighted by Crippen LogP contribution is 2.21. The largest absolute Gasteiger partial charge is 0.481 e. The maximum absolute atomic E-state index is 10.9. The Hall–Kier alpha value is -0.610. The minimum Gasteiger partial charge on any atom is -0.481 e. The van der Waals surface area contributed by atoms with Gasteiger partial charge in [0.1, 0.15) is 0 Å². The highest BCUT2D eigenvalue weighted by molar-refractivity contribution is 5.73. The number of nitrogens with one attached hydrogen (secondary N) is 1. The second-order valence-electron chi connectivity index (χ2n) is 5.26. The summed E-state index contributed by atoms with van der Waals surface area (Å²) >= 11 is 0. The molecule has 0 amide bonds. The van der Waals surface area contributed by atoms with Crippen molar-refractivity contribution in [3.8, 4) is 0 Å². The van der Waals surface area contributed by atoms with Crippen LogP contribution in [-0.4, -0.2) is 36.4 Å². The van der Waals surface area contributed by atoms with Crippen LogP contribution < -0.4 is 5.32 Å². The molecule has 0 aromatic rings. The Bertz CT molecular complexity index is 232. The van der Waals surface area contributed by atoms with E-state index in [9.17, 15) is 4.79 Å². The van der Waals surface area contributed by atoms with E-state index in [-0.39, 0.29) is 5.54 Å². The smallest absolute Gasteiger partial charge is 0.310 e. The fourth-order valence-corrected chi connectivity index (χ4v) is 1.58. The van der Waals surface area contributed by atoms with E-state index in [1.54, 1.807) is 13.8 Å². The second-order valence-corrected chi connectivity index (χ2v) is 5.26. The van der Waals surface area contributed by atoms with Crippen molar-refractivity contribution in [3.63, 3.8) is 0 Å². The van der Waals surface area contributed by atoms with Crippen LogP contribution in [0.15, 0.2) is 0 Å². The second kappa shape index (κ2) is 4.49. The molecule has 0 aromatic carbocycles. The van der Waals surface area contributed by atoms with Crippen molar-refractivity contribution >= 4 is 5.97 Å². The van der Waals surface area contributed by atoms with Gasteiger partial charge in [0.25, 0.3) is 0 Å². The van der Waals surface area contributed by atoms with Crippen LogP contribution in [0.4, 0.5) is 0 Å². The van der Waals surface area contributed by atoms with E-state index in [4.69, 9.17) is 9.84 Å². The quantitative estimate of drug-likeness (QED) is 0.741. The minimum atomic E-state index is -0.768. The molecule has 4 heteroatoms. The first kappa shape index (κ1) is 12.5. The predicted octanol–water partition coefficient (Wildman–Crippen LogP) is 1.26. The Labute approximate surface area is 91.0 Å². The van der Waals surface area contributed by atoms with Crippen LogP contribution in [0.1, 0.15) is 33.6 Å². The van der Waals surface area contributed by atoms with E-state index in [1.165, 1.54) is 0 Å². The lowest BCUT2D eigenvalue weighted by Gasteiger charge is -2.36. The number of aliphatic carboxylic acids is 1. The predicted molar refractivity (Wildman–Crippen MR) is 57.9 cm³/mol. The molecule has 1 aliphatic heterocycles. The molecule has 1 aliphatic rings. The van der Waals surface area contributed by atoms with Crippen molar-refractivity contribution in [2.45, 2.75) is 39.2 Å². The van der Waals surface area contributed by atoms with Crippen LogP contribution >= 0.6 is 0 Å². The molecule has 1 unspecified atom stereocenters. The van der Waals surface area contributed by atoms with Crippen LogP contribution in [-0.2, 0) is 9.53 Å². The number of hydrogen-bond acceptors (Lipinski definition) is 3. The van der Waals surface area contributed by atoms with Crippen LogP contribution in [0.25, 0.3) is 0 Å². The summed E-state index contributed by atoms with van der Waals surface area (Å²) in [6.07, 6.45) is 2.08. The normalized spacial score (nSPS) is 27.7. The van der Waals surface area contributed by atoms with E-state index in [0.29, 0.717) is 13.2 Å². The minimum absolute atomic E-state index is 0.0645. The lowest BCUT2D eigenvalue weighted by Crippen LogP contribution is -2.52. The maximum atomic E-state index is 10.9. The molecule has 4 nitrogen and oxygen atoms in total. The van der Waals surface area contributed by atoms with Gasteiger partial charge in [-0.1, -0.05) is 0 Å². The van der Waals surface area contributed by atoms with Gasteiger partial charge in [-0.05, 0) is 33.6 Å². The standard InChI is InChI=1S/C11H21NO3/c1-10(2,9(13)14)7-12-11(3)5-4-6-15-8-11/h12H,4-8H2,1-3H3,(H,13,14). The topological polar surface area (TPSA) is 58.6 Å². The Morgan fingerprint density at radius 1 is 1.60 bits per heavy atom. The first-order valence-electron chi connectivity index (χ1n) is 5.42. The third kappa shape index (κ3) is 3.47. The summed E-state index contributed by atoms with van der Waals surface area (Å²) in [6, 6.07) is 0. The maximum Gasteiger partial charge on any atom is 0.310 e. The molecule has 0 saturated carbocycles. The number of rotatable bonds is 4. The lowest BCUT2D eigenvalue weighted by molar-refractivity contribution is -0.147. The van der Waals surface area contributed by atoms with Crippen LogP contribution in [0.5, 0.6) is 0 Å². The average Bonchev–Trinajstić information content (AvgIpc) is 2.16. The van der Waals surface area contributed by atoms with Gasteiger partial charge >= 0.3 is 5.97 Å². The van der Waals surface area contributed by atoms with Gasteiger partial charge in [-0.3, -0.25) is 4.79 Å². The lowest BCUT2D eigenvalue weighted by atomic mass is 9.89. The van der Waals surface area contributed by atoms with Gasteiger partial charge in [0.15, 0.2) is 0 Å². The molecule has 0 aliphatic carbocycles. The fraction of sp³-hybridized carbons (Fsp3) is 0.909. The molecule has 0 radical (unpaired) electrons. The van der Waals surface area contributed by atoms with Gasteiger partial charge in [0.05, 0.1) is 12.0 Å². The van der Waals surface area contributed by atoms with Crippen molar-refractivity contribution in [1.29, 1.82) is 0 Å². The molecule has 1 atom stereocenters. The highest BCUT2D eigenvalue weighted by atomic mass is 16.5. The summed E-state index contributed by atoms with van der Waals surface area (Å²) in [6.45, 7) is 7.51. The Morgan fingerprint density at radius 2 is 2.27 bits per heavy atom. The molecule has 0 aromatic heterocycles. The zero-order chi connectivity index (χ0) is 11.5. The van der Waals surface area contributed by atoms with Crippen molar-refractivity contribution in [3.05, 3.63) is 0 Å². The van der Waals surface area contributed by atoms with Gasteiger partial charge in [0, 0.05) is 18.7 Å². The van der Waals surface area contributed by atoms with Gasteiger partial charge in [-0.2, -0.15) is 0 Å². The van der Waals surface area contributed by atoms with Gasteiger partial charge in [-0.25, -0.2) is 0 Å². The molecule has 0 spiro atoms. The third-order valence-corrected chi connectivity index (χ3v) is 2.97. The van der Waals surface area contributed by atoms with E-state index < -0.39 is 11.4 Å². The molecule has 2 N–H and O–H groups in total. The third-order valence-electron chi connectivity index (χ3n) is 2.97. The van der Waals surface area contributed by atoms with Crippen molar-refractivity contribution in [1.82, 2.24) is 5.32 Å². The van der Waals surface area contributed by atoms with Crippen molar-refractivity contribution in [2.75, 3.05) is 19.8 Å². The molecule has 15 heavy (non-hydrogen) atoms. The molecule has 1 fully saturated rings. The van der Waals surface area contributed by atoms with Crippen molar-refractivity contribution < 1.29 is 14.6 Å². The molecule has 0 bridgehead atoms. The van der Waals surface area contributed by atoms with E-state index >= 15 is 0 Å². The first-order chi connectivity index (χ1) is 6.86. The van der Waals surface area contributed by atoms with Crippen LogP contribution in [0, 0.1) is 5.41 Å². The van der Waals surface area contributed by atoms with Gasteiger partial charge in [0.2, 0.25) is 0 Å². The summed E-state index contributed by atoms with van der Waals surface area (Å²) in [4.78, 5) is 10.9. The SMILES string of the molecule is CC1(NCC(C)(C)C(=O)O)CCCOC1. The van der Waals surface area contributed by atoms with E-state index in [0.717, 1.165) is 19.4 Å². The summed E-state index contributed by atoms with van der Waals surface area (Å²) < 4.78 is 5.40. The Morgan fingerprint density at radius 3 is 2.73 bits per heavy atom. The number of hydrogen-bond donors (Lipinski definition) is 2. The van der Waals surface area contributed by atoms with Crippen molar-refractivity contribution in [2.24, 2.45) is 5.41 Å². The molecule has 1 rings (SSSR count). The van der Waals surface area contributed by atoms with Gasteiger partial charge < -0.3 is 15.2 Å². The molecule has 1 saturated heterocycles. The number of ether oxygens (including phenoxy) is 1.